The Balaban J connectivity index is 2.08. The van der Waals surface area contributed by atoms with E-state index in [9.17, 15) is 9.59 Å². The molecule has 0 radical (unpaired) electrons. The van der Waals surface area contributed by atoms with Crippen LogP contribution in [0.25, 0.3) is 0 Å². The number of amides is 2. The summed E-state index contributed by atoms with van der Waals surface area (Å²) in [7, 11) is 0. The predicted octanol–water partition coefficient (Wildman–Crippen LogP) is 0.853. The van der Waals surface area contributed by atoms with Gasteiger partial charge in [0.2, 0.25) is 11.8 Å². The van der Waals surface area contributed by atoms with Crippen LogP contribution in [-0.4, -0.2) is 36.6 Å². The fraction of sp³-hybridized carbons (Fsp3) is 0.600. The molecule has 1 aromatic heterocycles. The fourth-order valence-electron chi connectivity index (χ4n) is 1.74. The lowest BCUT2D eigenvalue weighted by atomic mass is 9.90. The van der Waals surface area contributed by atoms with Crippen molar-refractivity contribution in [3.63, 3.8) is 0 Å². The highest BCUT2D eigenvalue weighted by molar-refractivity contribution is 5.77. The second kappa shape index (κ2) is 8.46. The number of carbonyl (C=O) groups excluding carboxylic acids is 2. The SMILES string of the molecule is CC(C)(CO)CC(=O)NCCNC(=O)CCc1ccco1. The first-order valence-electron chi connectivity index (χ1n) is 7.09. The highest BCUT2D eigenvalue weighted by Crippen LogP contribution is 2.18. The van der Waals surface area contributed by atoms with E-state index in [-0.39, 0.29) is 24.8 Å². The van der Waals surface area contributed by atoms with E-state index in [4.69, 9.17) is 9.52 Å². The van der Waals surface area contributed by atoms with Gasteiger partial charge in [-0.2, -0.15) is 0 Å². The molecule has 1 aromatic rings. The van der Waals surface area contributed by atoms with Crippen LogP contribution in [0.4, 0.5) is 0 Å². The van der Waals surface area contributed by atoms with E-state index in [1.807, 2.05) is 19.9 Å². The summed E-state index contributed by atoms with van der Waals surface area (Å²) < 4.78 is 5.14. The quantitative estimate of drug-likeness (QED) is 0.589. The Kier molecular flexibility index (Phi) is 6.94. The molecular formula is C15H24N2O4. The molecule has 118 valence electrons. The first-order valence-corrected chi connectivity index (χ1v) is 7.09. The van der Waals surface area contributed by atoms with Crippen molar-refractivity contribution in [1.29, 1.82) is 0 Å². The van der Waals surface area contributed by atoms with E-state index in [0.29, 0.717) is 25.9 Å². The van der Waals surface area contributed by atoms with Gasteiger partial charge in [-0.25, -0.2) is 0 Å². The van der Waals surface area contributed by atoms with Crippen LogP contribution in [0.2, 0.25) is 0 Å². The van der Waals surface area contributed by atoms with Gasteiger partial charge in [-0.15, -0.1) is 0 Å². The number of nitrogens with one attached hydrogen (secondary N) is 2. The molecule has 0 aliphatic rings. The number of hydrogen-bond acceptors (Lipinski definition) is 4. The second-order valence-electron chi connectivity index (χ2n) is 5.78. The summed E-state index contributed by atoms with van der Waals surface area (Å²) in [4.78, 5) is 23.2. The molecule has 0 fully saturated rings. The number of aliphatic hydroxyl groups is 1. The van der Waals surface area contributed by atoms with Crippen LogP contribution in [0.5, 0.6) is 0 Å². The Morgan fingerprint density at radius 1 is 1.24 bits per heavy atom. The van der Waals surface area contributed by atoms with Crippen molar-refractivity contribution in [3.05, 3.63) is 24.2 Å². The minimum atomic E-state index is -0.420. The summed E-state index contributed by atoms with van der Waals surface area (Å²) in [5.74, 6) is 0.583. The van der Waals surface area contributed by atoms with Gasteiger partial charge in [-0.3, -0.25) is 9.59 Å². The van der Waals surface area contributed by atoms with E-state index in [1.165, 1.54) is 0 Å². The molecule has 2 amide bonds. The van der Waals surface area contributed by atoms with Crippen LogP contribution in [0.3, 0.4) is 0 Å². The maximum atomic E-state index is 11.6. The molecule has 0 saturated heterocycles. The molecule has 3 N–H and O–H groups in total. The Hall–Kier alpha value is -1.82. The van der Waals surface area contributed by atoms with E-state index in [2.05, 4.69) is 10.6 Å². The van der Waals surface area contributed by atoms with Gasteiger partial charge in [0, 0.05) is 39.0 Å². The molecule has 0 atom stereocenters. The molecule has 0 bridgehead atoms. The smallest absolute Gasteiger partial charge is 0.220 e. The van der Waals surface area contributed by atoms with Crippen LogP contribution < -0.4 is 10.6 Å². The fourth-order valence-corrected chi connectivity index (χ4v) is 1.74. The average molecular weight is 296 g/mol. The number of carbonyl (C=O) groups is 2. The van der Waals surface area contributed by atoms with Crippen molar-refractivity contribution in [2.24, 2.45) is 5.41 Å². The van der Waals surface area contributed by atoms with E-state index in [1.54, 1.807) is 12.3 Å². The Morgan fingerprint density at radius 2 is 1.90 bits per heavy atom. The second-order valence-corrected chi connectivity index (χ2v) is 5.78. The minimum absolute atomic E-state index is 0.0378. The van der Waals surface area contributed by atoms with Gasteiger partial charge in [0.1, 0.15) is 5.76 Å². The van der Waals surface area contributed by atoms with Crippen molar-refractivity contribution in [3.8, 4) is 0 Å². The Morgan fingerprint density at radius 3 is 2.48 bits per heavy atom. The lowest BCUT2D eigenvalue weighted by Gasteiger charge is -2.20. The molecule has 0 saturated carbocycles. The van der Waals surface area contributed by atoms with Crippen molar-refractivity contribution < 1.29 is 19.1 Å². The molecule has 0 unspecified atom stereocenters. The zero-order chi connectivity index (χ0) is 15.7. The van der Waals surface area contributed by atoms with Gasteiger partial charge in [-0.05, 0) is 17.5 Å². The van der Waals surface area contributed by atoms with E-state index in [0.717, 1.165) is 5.76 Å². The standard InChI is InChI=1S/C15H24N2O4/c1-15(2,11-18)10-14(20)17-8-7-16-13(19)6-5-12-4-3-9-21-12/h3-4,9,18H,5-8,10-11H2,1-2H3,(H,16,19)(H,17,20). The van der Waals surface area contributed by atoms with Gasteiger partial charge in [0.15, 0.2) is 0 Å². The van der Waals surface area contributed by atoms with Crippen molar-refractivity contribution in [2.45, 2.75) is 33.1 Å². The van der Waals surface area contributed by atoms with Crippen LogP contribution in [0, 0.1) is 5.41 Å². The number of furan rings is 1. The summed E-state index contributed by atoms with van der Waals surface area (Å²) in [5.41, 5.74) is -0.420. The molecule has 0 aliphatic heterocycles. The van der Waals surface area contributed by atoms with Gasteiger partial charge in [0.05, 0.1) is 6.26 Å². The third kappa shape index (κ3) is 7.51. The number of aryl methyl sites for hydroxylation is 1. The molecule has 21 heavy (non-hydrogen) atoms. The molecule has 0 aliphatic carbocycles. The molecular weight excluding hydrogens is 272 g/mol. The van der Waals surface area contributed by atoms with Crippen LogP contribution in [0.15, 0.2) is 22.8 Å². The van der Waals surface area contributed by atoms with E-state index >= 15 is 0 Å². The summed E-state index contributed by atoms with van der Waals surface area (Å²) >= 11 is 0. The maximum Gasteiger partial charge on any atom is 0.220 e. The molecule has 1 rings (SSSR count). The van der Waals surface area contributed by atoms with Crippen molar-refractivity contribution in [1.82, 2.24) is 10.6 Å². The zero-order valence-electron chi connectivity index (χ0n) is 12.6. The minimum Gasteiger partial charge on any atom is -0.469 e. The molecule has 6 heteroatoms. The highest BCUT2D eigenvalue weighted by atomic mass is 16.3. The van der Waals surface area contributed by atoms with Gasteiger partial charge >= 0.3 is 0 Å². The van der Waals surface area contributed by atoms with Crippen LogP contribution >= 0.6 is 0 Å². The van der Waals surface area contributed by atoms with Crippen molar-refractivity contribution >= 4 is 11.8 Å². The first-order chi connectivity index (χ1) is 9.93. The Bertz CT molecular complexity index is 441. The normalized spacial score (nSPS) is 11.2. The molecule has 0 spiro atoms. The monoisotopic (exact) mass is 296 g/mol. The maximum absolute atomic E-state index is 11.6. The highest BCUT2D eigenvalue weighted by Gasteiger charge is 2.20. The number of hydrogen-bond donors (Lipinski definition) is 3. The summed E-state index contributed by atoms with van der Waals surface area (Å²) in [6, 6.07) is 3.62. The van der Waals surface area contributed by atoms with Gasteiger partial charge in [0.25, 0.3) is 0 Å². The summed E-state index contributed by atoms with van der Waals surface area (Å²) in [6.45, 7) is 4.38. The van der Waals surface area contributed by atoms with Crippen molar-refractivity contribution in [2.75, 3.05) is 19.7 Å². The third-order valence-electron chi connectivity index (χ3n) is 3.02. The third-order valence-corrected chi connectivity index (χ3v) is 3.02. The zero-order valence-corrected chi connectivity index (χ0v) is 12.6. The average Bonchev–Trinajstić information content (AvgIpc) is 2.94. The first kappa shape index (κ1) is 17.2. The molecule has 1 heterocycles. The van der Waals surface area contributed by atoms with Gasteiger partial charge < -0.3 is 20.2 Å². The van der Waals surface area contributed by atoms with Crippen LogP contribution in [-0.2, 0) is 16.0 Å². The predicted molar refractivity (Wildman–Crippen MR) is 78.5 cm³/mol. The number of rotatable bonds is 9. The summed E-state index contributed by atoms with van der Waals surface area (Å²) in [6.07, 6.45) is 2.77. The lowest BCUT2D eigenvalue weighted by molar-refractivity contribution is -0.124. The molecule has 6 nitrogen and oxygen atoms in total. The molecule has 0 aromatic carbocycles. The van der Waals surface area contributed by atoms with E-state index < -0.39 is 5.41 Å². The topological polar surface area (TPSA) is 91.6 Å². The largest absolute Gasteiger partial charge is 0.469 e. The Labute approximate surface area is 124 Å². The van der Waals surface area contributed by atoms with Crippen LogP contribution in [0.1, 0.15) is 32.4 Å². The van der Waals surface area contributed by atoms with Gasteiger partial charge in [-0.1, -0.05) is 13.8 Å². The number of aliphatic hydroxyl groups excluding tert-OH is 1. The lowest BCUT2D eigenvalue weighted by Crippen LogP contribution is -2.36. The summed E-state index contributed by atoms with van der Waals surface area (Å²) in [5, 5.41) is 14.5.